The Balaban J connectivity index is 1.67. The number of benzene rings is 1. The molecule has 0 atom stereocenters. The fourth-order valence-electron chi connectivity index (χ4n) is 3.54. The molecule has 0 saturated carbocycles. The third-order valence-corrected chi connectivity index (χ3v) is 5.07. The second-order valence-corrected chi connectivity index (χ2v) is 6.81. The van der Waals surface area contributed by atoms with Gasteiger partial charge in [0.05, 0.1) is 24.4 Å². The second-order valence-electron chi connectivity index (χ2n) is 6.81. The van der Waals surface area contributed by atoms with Crippen LogP contribution >= 0.6 is 0 Å². The number of carbonyl (C=O) groups is 1. The maximum atomic E-state index is 11.9. The standard InChI is InChI=1S/C20H24N6O2/c1-4-18(27)24-9-11-25(12-10-24)19-17-13-21-26(20(17)23-14(2)22-19)15-5-7-16(28-3)8-6-15/h5-8,13H,4,9-12H2,1-3H3. The highest BCUT2D eigenvalue weighted by Gasteiger charge is 2.24. The number of piperazine rings is 1. The van der Waals surface area contributed by atoms with Crippen LogP contribution in [0.3, 0.4) is 0 Å². The number of anilines is 1. The molecule has 1 aliphatic heterocycles. The monoisotopic (exact) mass is 380 g/mol. The van der Waals surface area contributed by atoms with Crippen LogP contribution in [0.4, 0.5) is 5.82 Å². The summed E-state index contributed by atoms with van der Waals surface area (Å²) in [6, 6.07) is 7.72. The fourth-order valence-corrected chi connectivity index (χ4v) is 3.54. The van der Waals surface area contributed by atoms with E-state index in [1.807, 2.05) is 53.9 Å². The molecule has 28 heavy (non-hydrogen) atoms. The minimum atomic E-state index is 0.205. The third-order valence-electron chi connectivity index (χ3n) is 5.07. The highest BCUT2D eigenvalue weighted by Crippen LogP contribution is 2.27. The number of ether oxygens (including phenoxy) is 1. The summed E-state index contributed by atoms with van der Waals surface area (Å²) in [7, 11) is 1.65. The van der Waals surface area contributed by atoms with Crippen molar-refractivity contribution in [2.75, 3.05) is 38.2 Å². The molecule has 0 radical (unpaired) electrons. The molecule has 0 N–H and O–H groups in total. The van der Waals surface area contributed by atoms with Crippen LogP contribution in [-0.2, 0) is 4.79 Å². The Bertz CT molecular complexity index is 990. The van der Waals surface area contributed by atoms with Crippen LogP contribution in [-0.4, -0.2) is 63.8 Å². The predicted octanol–water partition coefficient (Wildman–Crippen LogP) is 2.19. The number of hydrogen-bond donors (Lipinski definition) is 0. The molecule has 3 heterocycles. The van der Waals surface area contributed by atoms with Crippen LogP contribution in [0.1, 0.15) is 19.2 Å². The SMILES string of the molecule is CCC(=O)N1CCN(c2nc(C)nc3c2cnn3-c2ccc(OC)cc2)CC1. The zero-order chi connectivity index (χ0) is 19.7. The lowest BCUT2D eigenvalue weighted by Gasteiger charge is -2.35. The van der Waals surface area contributed by atoms with Gasteiger partial charge < -0.3 is 14.5 Å². The molecule has 8 nitrogen and oxygen atoms in total. The van der Waals surface area contributed by atoms with Crippen molar-refractivity contribution in [1.82, 2.24) is 24.6 Å². The number of hydrogen-bond acceptors (Lipinski definition) is 6. The van der Waals surface area contributed by atoms with Gasteiger partial charge in [-0.15, -0.1) is 0 Å². The largest absolute Gasteiger partial charge is 0.497 e. The molecule has 1 saturated heterocycles. The van der Waals surface area contributed by atoms with Crippen molar-refractivity contribution in [3.63, 3.8) is 0 Å². The van der Waals surface area contributed by atoms with Crippen molar-refractivity contribution in [3.8, 4) is 11.4 Å². The molecular formula is C20H24N6O2. The summed E-state index contributed by atoms with van der Waals surface area (Å²) in [5.74, 6) is 2.58. The van der Waals surface area contributed by atoms with Crippen molar-refractivity contribution in [3.05, 3.63) is 36.3 Å². The van der Waals surface area contributed by atoms with E-state index < -0.39 is 0 Å². The summed E-state index contributed by atoms with van der Waals surface area (Å²) in [5.41, 5.74) is 1.69. The highest BCUT2D eigenvalue weighted by molar-refractivity contribution is 5.88. The lowest BCUT2D eigenvalue weighted by molar-refractivity contribution is -0.131. The molecule has 0 unspecified atom stereocenters. The summed E-state index contributed by atoms with van der Waals surface area (Å²) >= 11 is 0. The van der Waals surface area contributed by atoms with E-state index in [4.69, 9.17) is 4.74 Å². The van der Waals surface area contributed by atoms with Gasteiger partial charge >= 0.3 is 0 Å². The van der Waals surface area contributed by atoms with Crippen LogP contribution in [0.5, 0.6) is 5.75 Å². The van der Waals surface area contributed by atoms with E-state index in [-0.39, 0.29) is 5.91 Å². The van der Waals surface area contributed by atoms with Gasteiger partial charge in [-0.3, -0.25) is 4.79 Å². The molecule has 0 spiro atoms. The van der Waals surface area contributed by atoms with Gasteiger partial charge in [-0.25, -0.2) is 14.6 Å². The Morgan fingerprint density at radius 2 is 1.82 bits per heavy atom. The number of carbonyl (C=O) groups excluding carboxylic acids is 1. The lowest BCUT2D eigenvalue weighted by Crippen LogP contribution is -2.49. The normalized spacial score (nSPS) is 14.5. The number of aromatic nitrogens is 4. The van der Waals surface area contributed by atoms with Crippen molar-refractivity contribution in [2.45, 2.75) is 20.3 Å². The lowest BCUT2D eigenvalue weighted by atomic mass is 10.2. The maximum absolute atomic E-state index is 11.9. The van der Waals surface area contributed by atoms with Gasteiger partial charge in [0.1, 0.15) is 17.4 Å². The molecule has 1 aromatic carbocycles. The average Bonchev–Trinajstić information content (AvgIpc) is 3.16. The van der Waals surface area contributed by atoms with Gasteiger partial charge in [-0.05, 0) is 31.2 Å². The van der Waals surface area contributed by atoms with Gasteiger partial charge in [0.25, 0.3) is 0 Å². The van der Waals surface area contributed by atoms with Crippen LogP contribution in [0, 0.1) is 6.92 Å². The first-order chi connectivity index (χ1) is 13.6. The Morgan fingerprint density at radius 3 is 2.46 bits per heavy atom. The molecule has 0 aliphatic carbocycles. The number of fused-ring (bicyclic) bond motifs is 1. The minimum Gasteiger partial charge on any atom is -0.497 e. The van der Waals surface area contributed by atoms with E-state index in [0.717, 1.165) is 41.4 Å². The van der Waals surface area contributed by atoms with Crippen molar-refractivity contribution >= 4 is 22.8 Å². The quantitative estimate of drug-likeness (QED) is 0.691. The molecule has 8 heteroatoms. The molecular weight excluding hydrogens is 356 g/mol. The molecule has 1 amide bonds. The summed E-state index contributed by atoms with van der Waals surface area (Å²) < 4.78 is 7.06. The minimum absolute atomic E-state index is 0.205. The van der Waals surface area contributed by atoms with E-state index in [9.17, 15) is 4.79 Å². The zero-order valence-corrected chi connectivity index (χ0v) is 16.4. The summed E-state index contributed by atoms with van der Waals surface area (Å²) in [6.07, 6.45) is 2.36. The van der Waals surface area contributed by atoms with E-state index in [1.54, 1.807) is 7.11 Å². The molecule has 0 bridgehead atoms. The topological polar surface area (TPSA) is 76.4 Å². The molecule has 3 aromatic rings. The van der Waals surface area contributed by atoms with Crippen molar-refractivity contribution in [1.29, 1.82) is 0 Å². The van der Waals surface area contributed by atoms with Crippen LogP contribution in [0.2, 0.25) is 0 Å². The van der Waals surface area contributed by atoms with E-state index in [1.165, 1.54) is 0 Å². The molecule has 1 fully saturated rings. The third kappa shape index (κ3) is 3.26. The predicted molar refractivity (Wildman–Crippen MR) is 107 cm³/mol. The van der Waals surface area contributed by atoms with Crippen LogP contribution < -0.4 is 9.64 Å². The summed E-state index contributed by atoms with van der Waals surface area (Å²) in [4.78, 5) is 25.4. The van der Waals surface area contributed by atoms with Crippen LogP contribution in [0.25, 0.3) is 16.7 Å². The zero-order valence-electron chi connectivity index (χ0n) is 16.4. The Kier molecular flexibility index (Phi) is 4.85. The van der Waals surface area contributed by atoms with Gasteiger partial charge in [0.2, 0.25) is 5.91 Å². The molecule has 2 aromatic heterocycles. The number of nitrogens with zero attached hydrogens (tertiary/aromatic N) is 6. The van der Waals surface area contributed by atoms with Gasteiger partial charge in [-0.2, -0.15) is 5.10 Å². The summed E-state index contributed by atoms with van der Waals surface area (Å²) in [6.45, 7) is 6.73. The van der Waals surface area contributed by atoms with E-state index in [2.05, 4.69) is 20.0 Å². The van der Waals surface area contributed by atoms with Crippen molar-refractivity contribution in [2.24, 2.45) is 0 Å². The van der Waals surface area contributed by atoms with E-state index >= 15 is 0 Å². The number of methoxy groups -OCH3 is 1. The van der Waals surface area contributed by atoms with Gasteiger partial charge in [-0.1, -0.05) is 6.92 Å². The Morgan fingerprint density at radius 1 is 1.11 bits per heavy atom. The molecule has 4 rings (SSSR count). The number of aryl methyl sites for hydroxylation is 1. The first-order valence-corrected chi connectivity index (χ1v) is 9.50. The number of rotatable bonds is 4. The summed E-state index contributed by atoms with van der Waals surface area (Å²) in [5, 5.41) is 5.47. The second kappa shape index (κ2) is 7.46. The first-order valence-electron chi connectivity index (χ1n) is 9.50. The molecule has 146 valence electrons. The fraction of sp³-hybridized carbons (Fsp3) is 0.400. The van der Waals surface area contributed by atoms with Gasteiger partial charge in [0, 0.05) is 32.6 Å². The van der Waals surface area contributed by atoms with Crippen molar-refractivity contribution < 1.29 is 9.53 Å². The Labute approximate surface area is 163 Å². The average molecular weight is 380 g/mol. The maximum Gasteiger partial charge on any atom is 0.222 e. The highest BCUT2D eigenvalue weighted by atomic mass is 16.5. The van der Waals surface area contributed by atoms with Crippen LogP contribution in [0.15, 0.2) is 30.5 Å². The smallest absolute Gasteiger partial charge is 0.222 e. The van der Waals surface area contributed by atoms with E-state index in [0.29, 0.717) is 25.3 Å². The van der Waals surface area contributed by atoms with Gasteiger partial charge in [0.15, 0.2) is 5.65 Å². The first kappa shape index (κ1) is 18.2. The number of amides is 1. The molecule has 1 aliphatic rings. The Hall–Kier alpha value is -3.16.